The van der Waals surface area contributed by atoms with E-state index in [4.69, 9.17) is 9.47 Å². The van der Waals surface area contributed by atoms with Gasteiger partial charge in [-0.25, -0.2) is 0 Å². The van der Waals surface area contributed by atoms with E-state index in [1.807, 2.05) is 105 Å². The topological polar surface area (TPSA) is 41.9 Å². The molecule has 0 bridgehead atoms. The second-order valence-corrected chi connectivity index (χ2v) is 6.89. The Kier molecular flexibility index (Phi) is 9.95. The van der Waals surface area contributed by atoms with Crippen LogP contribution in [0.25, 0.3) is 6.08 Å². The van der Waals surface area contributed by atoms with Crippen LogP contribution >= 0.6 is 12.4 Å². The number of aliphatic hydroxyl groups excluding tert-OH is 1. The van der Waals surface area contributed by atoms with Gasteiger partial charge in [-0.2, -0.15) is 0 Å². The van der Waals surface area contributed by atoms with Crippen molar-refractivity contribution in [3.8, 4) is 11.5 Å². The van der Waals surface area contributed by atoms with Gasteiger partial charge in [-0.15, -0.1) is 12.4 Å². The summed E-state index contributed by atoms with van der Waals surface area (Å²) in [6.07, 6.45) is 3.29. The number of rotatable bonds is 10. The van der Waals surface area contributed by atoms with Gasteiger partial charge < -0.3 is 19.5 Å². The van der Waals surface area contributed by atoms with Crippen LogP contribution < -0.4 is 14.4 Å². The lowest BCUT2D eigenvalue weighted by Gasteiger charge is -2.27. The molecule has 0 radical (unpaired) electrons. The minimum Gasteiger partial charge on any atom is -0.490 e. The molecule has 0 saturated carbocycles. The fourth-order valence-electron chi connectivity index (χ4n) is 3.23. The normalized spacial score (nSPS) is 11.6. The van der Waals surface area contributed by atoms with Crippen LogP contribution in [0.15, 0.2) is 84.9 Å². The van der Waals surface area contributed by atoms with Gasteiger partial charge >= 0.3 is 0 Å². The number of halogens is 1. The zero-order valence-electron chi connectivity index (χ0n) is 18.0. The SMILES string of the molecule is C/C=C/c1ccc(OCC)c(OCC(O)CN(c2ccccc2)c2ccccc2)c1.Cl. The number of benzene rings is 3. The van der Waals surface area contributed by atoms with Gasteiger partial charge in [0.1, 0.15) is 12.7 Å². The van der Waals surface area contributed by atoms with E-state index < -0.39 is 6.10 Å². The van der Waals surface area contributed by atoms with E-state index in [1.54, 1.807) is 0 Å². The summed E-state index contributed by atoms with van der Waals surface area (Å²) >= 11 is 0. The van der Waals surface area contributed by atoms with Crippen LogP contribution in [-0.4, -0.2) is 31.0 Å². The van der Waals surface area contributed by atoms with E-state index in [2.05, 4.69) is 4.90 Å². The van der Waals surface area contributed by atoms with Gasteiger partial charge in [-0.1, -0.05) is 54.6 Å². The van der Waals surface area contributed by atoms with Crippen LogP contribution in [0.2, 0.25) is 0 Å². The Labute approximate surface area is 191 Å². The molecular weight excluding hydrogens is 410 g/mol. The fourth-order valence-corrected chi connectivity index (χ4v) is 3.23. The molecular formula is C26H30ClNO3. The van der Waals surface area contributed by atoms with Crippen LogP contribution in [-0.2, 0) is 0 Å². The van der Waals surface area contributed by atoms with Crippen LogP contribution in [0.1, 0.15) is 19.4 Å². The number of ether oxygens (including phenoxy) is 2. The molecule has 0 fully saturated rings. The monoisotopic (exact) mass is 439 g/mol. The third kappa shape index (κ3) is 7.06. The zero-order valence-corrected chi connectivity index (χ0v) is 18.8. The van der Waals surface area contributed by atoms with Gasteiger partial charge in [-0.3, -0.25) is 0 Å². The van der Waals surface area contributed by atoms with E-state index in [9.17, 15) is 5.11 Å². The molecule has 1 atom stereocenters. The molecule has 0 saturated heterocycles. The van der Waals surface area contributed by atoms with Crippen molar-refractivity contribution in [1.82, 2.24) is 0 Å². The summed E-state index contributed by atoms with van der Waals surface area (Å²) in [5.41, 5.74) is 3.07. The van der Waals surface area contributed by atoms with Crippen LogP contribution in [0.4, 0.5) is 11.4 Å². The van der Waals surface area contributed by atoms with Crippen LogP contribution in [0.3, 0.4) is 0 Å². The summed E-state index contributed by atoms with van der Waals surface area (Å²) in [6.45, 7) is 5.04. The summed E-state index contributed by atoms with van der Waals surface area (Å²) in [5.74, 6) is 1.32. The Bertz CT molecular complexity index is 892. The van der Waals surface area contributed by atoms with Crippen molar-refractivity contribution in [1.29, 1.82) is 0 Å². The molecule has 0 aliphatic heterocycles. The van der Waals surface area contributed by atoms with Gasteiger partial charge in [0.05, 0.1) is 13.2 Å². The molecule has 3 rings (SSSR count). The lowest BCUT2D eigenvalue weighted by molar-refractivity contribution is 0.111. The maximum absolute atomic E-state index is 10.8. The van der Waals surface area contributed by atoms with Gasteiger partial charge in [0.15, 0.2) is 11.5 Å². The van der Waals surface area contributed by atoms with E-state index in [0.29, 0.717) is 24.7 Å². The number of anilines is 2. The summed E-state index contributed by atoms with van der Waals surface area (Å²) in [4.78, 5) is 2.09. The Morgan fingerprint density at radius 2 is 1.48 bits per heavy atom. The molecule has 0 heterocycles. The Balaban J connectivity index is 0.00000341. The molecule has 31 heavy (non-hydrogen) atoms. The molecule has 3 aromatic rings. The summed E-state index contributed by atoms with van der Waals surface area (Å²) < 4.78 is 11.7. The molecule has 3 aromatic carbocycles. The Morgan fingerprint density at radius 1 is 0.871 bits per heavy atom. The fraction of sp³-hybridized carbons (Fsp3) is 0.231. The Morgan fingerprint density at radius 3 is 2.03 bits per heavy atom. The first-order chi connectivity index (χ1) is 14.7. The molecule has 1 unspecified atom stereocenters. The maximum atomic E-state index is 10.8. The second-order valence-electron chi connectivity index (χ2n) is 6.89. The molecule has 0 amide bonds. The van der Waals surface area contributed by atoms with E-state index in [-0.39, 0.29) is 19.0 Å². The van der Waals surface area contributed by atoms with Gasteiger partial charge in [0, 0.05) is 11.4 Å². The van der Waals surface area contributed by atoms with E-state index >= 15 is 0 Å². The molecule has 0 spiro atoms. The van der Waals surface area contributed by atoms with E-state index in [0.717, 1.165) is 16.9 Å². The lowest BCUT2D eigenvalue weighted by Crippen LogP contribution is -2.32. The number of aliphatic hydroxyl groups is 1. The first-order valence-corrected chi connectivity index (χ1v) is 10.3. The number of hydrogen-bond donors (Lipinski definition) is 1. The number of para-hydroxylation sites is 2. The number of allylic oxidation sites excluding steroid dienone is 1. The lowest BCUT2D eigenvalue weighted by atomic mass is 10.2. The summed E-state index contributed by atoms with van der Waals surface area (Å²) in [6, 6.07) is 25.9. The van der Waals surface area contributed by atoms with Crippen LogP contribution in [0, 0.1) is 0 Å². The molecule has 5 heteroatoms. The summed E-state index contributed by atoms with van der Waals surface area (Å²) in [7, 11) is 0. The van der Waals surface area contributed by atoms with Crippen molar-refractivity contribution in [3.63, 3.8) is 0 Å². The highest BCUT2D eigenvalue weighted by Crippen LogP contribution is 2.30. The van der Waals surface area contributed by atoms with Gasteiger partial charge in [-0.05, 0) is 55.8 Å². The highest BCUT2D eigenvalue weighted by molar-refractivity contribution is 5.85. The van der Waals surface area contributed by atoms with Crippen molar-refractivity contribution < 1.29 is 14.6 Å². The predicted molar refractivity (Wildman–Crippen MR) is 131 cm³/mol. The van der Waals surface area contributed by atoms with Crippen molar-refractivity contribution in [2.75, 3.05) is 24.7 Å². The zero-order chi connectivity index (χ0) is 21.2. The predicted octanol–water partition coefficient (Wildman–Crippen LogP) is 6.12. The molecule has 164 valence electrons. The van der Waals surface area contributed by atoms with Crippen LogP contribution in [0.5, 0.6) is 11.5 Å². The summed E-state index contributed by atoms with van der Waals surface area (Å²) in [5, 5.41) is 10.8. The second kappa shape index (κ2) is 12.7. The maximum Gasteiger partial charge on any atom is 0.161 e. The quantitative estimate of drug-likeness (QED) is 0.413. The third-order valence-corrected chi connectivity index (χ3v) is 4.59. The number of nitrogens with zero attached hydrogens (tertiary/aromatic N) is 1. The van der Waals surface area contributed by atoms with Crippen molar-refractivity contribution in [2.24, 2.45) is 0 Å². The Hall–Kier alpha value is -2.95. The molecule has 0 aromatic heterocycles. The van der Waals surface area contributed by atoms with Crippen molar-refractivity contribution in [3.05, 3.63) is 90.5 Å². The highest BCUT2D eigenvalue weighted by atomic mass is 35.5. The number of hydrogen-bond acceptors (Lipinski definition) is 4. The van der Waals surface area contributed by atoms with Crippen molar-refractivity contribution in [2.45, 2.75) is 20.0 Å². The van der Waals surface area contributed by atoms with Crippen molar-refractivity contribution >= 4 is 29.9 Å². The molecule has 1 N–H and O–H groups in total. The molecule has 0 aliphatic rings. The third-order valence-electron chi connectivity index (χ3n) is 4.59. The smallest absolute Gasteiger partial charge is 0.161 e. The minimum atomic E-state index is -0.690. The average Bonchev–Trinajstić information content (AvgIpc) is 2.79. The van der Waals surface area contributed by atoms with Gasteiger partial charge in [0.2, 0.25) is 0 Å². The average molecular weight is 440 g/mol. The minimum absolute atomic E-state index is 0. The highest BCUT2D eigenvalue weighted by Gasteiger charge is 2.16. The molecule has 4 nitrogen and oxygen atoms in total. The first-order valence-electron chi connectivity index (χ1n) is 10.3. The molecule has 0 aliphatic carbocycles. The van der Waals surface area contributed by atoms with E-state index in [1.165, 1.54) is 0 Å². The largest absolute Gasteiger partial charge is 0.490 e. The van der Waals surface area contributed by atoms with Gasteiger partial charge in [0.25, 0.3) is 0 Å². The standard InChI is InChI=1S/C26H29NO3.ClH/c1-3-11-21-16-17-25(29-4-2)26(18-21)30-20-24(28)19-27(22-12-7-5-8-13-22)23-14-9-6-10-15-23;/h3,5-18,24,28H,4,19-20H2,1-2H3;1H/b11-3+;. The first kappa shape index (κ1) is 24.3.